The van der Waals surface area contributed by atoms with Crippen molar-refractivity contribution in [3.05, 3.63) is 77.2 Å². The van der Waals surface area contributed by atoms with Crippen molar-refractivity contribution < 1.29 is 9.53 Å². The van der Waals surface area contributed by atoms with E-state index in [1.165, 1.54) is 0 Å². The minimum Gasteiger partial charge on any atom is -0.488 e. The summed E-state index contributed by atoms with van der Waals surface area (Å²) in [6, 6.07) is 11.9. The fourth-order valence-corrected chi connectivity index (χ4v) is 3.32. The number of hydrogen-bond donors (Lipinski definition) is 1. The summed E-state index contributed by atoms with van der Waals surface area (Å²) in [6.07, 6.45) is 5.79. The Hall–Kier alpha value is -3.21. The van der Waals surface area contributed by atoms with E-state index < -0.39 is 0 Å². The molecule has 1 atom stereocenters. The molecule has 3 aromatic rings. The Kier molecular flexibility index (Phi) is 4.59. The average molecular weight is 359 g/mol. The molecule has 0 saturated carbocycles. The first-order valence-corrected chi connectivity index (χ1v) is 9.01. The monoisotopic (exact) mass is 359 g/mol. The van der Waals surface area contributed by atoms with Gasteiger partial charge in [0.2, 0.25) is 0 Å². The summed E-state index contributed by atoms with van der Waals surface area (Å²) in [6.45, 7) is 4.41. The van der Waals surface area contributed by atoms with E-state index in [9.17, 15) is 4.79 Å². The average Bonchev–Trinajstić information content (AvgIpc) is 3.10. The minimum absolute atomic E-state index is 0.0593. The number of benzene rings is 2. The molecule has 0 saturated heterocycles. The largest absolute Gasteiger partial charge is 0.488 e. The SMILES string of the molecule is Cc1ccc(C)c(C(=O)NCC2Cc3cc(-c4cnccn4)ccc3O2)c1. The van der Waals surface area contributed by atoms with Gasteiger partial charge in [0.1, 0.15) is 11.9 Å². The van der Waals surface area contributed by atoms with E-state index in [-0.39, 0.29) is 12.0 Å². The highest BCUT2D eigenvalue weighted by molar-refractivity contribution is 5.95. The molecule has 0 bridgehead atoms. The van der Waals surface area contributed by atoms with Crippen molar-refractivity contribution in [3.63, 3.8) is 0 Å². The molecule has 5 nitrogen and oxygen atoms in total. The molecule has 0 radical (unpaired) electrons. The topological polar surface area (TPSA) is 64.1 Å². The van der Waals surface area contributed by atoms with Gasteiger partial charge in [-0.05, 0) is 49.2 Å². The summed E-state index contributed by atoms with van der Waals surface area (Å²) in [5.41, 5.74) is 5.76. The highest BCUT2D eigenvalue weighted by atomic mass is 16.5. The fourth-order valence-electron chi connectivity index (χ4n) is 3.32. The number of rotatable bonds is 4. The standard InChI is InChI=1S/C22H21N3O2/c1-14-3-4-15(2)19(9-14)22(26)25-12-18-11-17-10-16(5-6-21(17)27-18)20-13-23-7-8-24-20/h3-10,13,18H,11-12H2,1-2H3,(H,25,26). The quantitative estimate of drug-likeness (QED) is 0.774. The van der Waals surface area contributed by atoms with E-state index in [2.05, 4.69) is 21.4 Å². The van der Waals surface area contributed by atoms with Crippen molar-refractivity contribution in [2.75, 3.05) is 6.54 Å². The number of amides is 1. The third-order valence-electron chi connectivity index (χ3n) is 4.79. The van der Waals surface area contributed by atoms with E-state index >= 15 is 0 Å². The molecule has 1 unspecified atom stereocenters. The predicted octanol–water partition coefficient (Wildman–Crippen LogP) is 3.49. The molecule has 4 rings (SSSR count). The van der Waals surface area contributed by atoms with Crippen LogP contribution in [0.1, 0.15) is 27.0 Å². The van der Waals surface area contributed by atoms with Crippen molar-refractivity contribution in [1.29, 1.82) is 0 Å². The Balaban J connectivity index is 1.41. The van der Waals surface area contributed by atoms with Crippen molar-refractivity contribution in [2.24, 2.45) is 0 Å². The van der Waals surface area contributed by atoms with Crippen molar-refractivity contribution in [2.45, 2.75) is 26.4 Å². The summed E-state index contributed by atoms with van der Waals surface area (Å²) >= 11 is 0. The molecule has 5 heteroatoms. The van der Waals surface area contributed by atoms with Gasteiger partial charge in [0.15, 0.2) is 0 Å². The zero-order chi connectivity index (χ0) is 18.8. The van der Waals surface area contributed by atoms with Crippen LogP contribution in [0.25, 0.3) is 11.3 Å². The number of carbonyl (C=O) groups excluding carboxylic acids is 1. The van der Waals surface area contributed by atoms with Gasteiger partial charge in [0.05, 0.1) is 18.4 Å². The Labute approximate surface area is 158 Å². The second kappa shape index (κ2) is 7.19. The molecule has 0 aliphatic carbocycles. The lowest BCUT2D eigenvalue weighted by Gasteiger charge is -2.13. The summed E-state index contributed by atoms with van der Waals surface area (Å²) in [4.78, 5) is 21.0. The van der Waals surface area contributed by atoms with Gasteiger partial charge in [0.25, 0.3) is 5.91 Å². The minimum atomic E-state index is -0.0637. The van der Waals surface area contributed by atoms with Gasteiger partial charge in [0, 0.05) is 29.9 Å². The molecule has 1 N–H and O–H groups in total. The molecule has 1 aromatic heterocycles. The van der Waals surface area contributed by atoms with Gasteiger partial charge in [-0.15, -0.1) is 0 Å². The lowest BCUT2D eigenvalue weighted by molar-refractivity contribution is 0.0933. The number of carbonyl (C=O) groups is 1. The molecule has 27 heavy (non-hydrogen) atoms. The van der Waals surface area contributed by atoms with Crippen LogP contribution < -0.4 is 10.1 Å². The van der Waals surface area contributed by atoms with Crippen LogP contribution in [0.4, 0.5) is 0 Å². The van der Waals surface area contributed by atoms with Gasteiger partial charge in [-0.1, -0.05) is 17.7 Å². The van der Waals surface area contributed by atoms with Gasteiger partial charge in [-0.3, -0.25) is 14.8 Å². The van der Waals surface area contributed by atoms with E-state index in [4.69, 9.17) is 4.74 Å². The Morgan fingerprint density at radius 2 is 2.07 bits per heavy atom. The van der Waals surface area contributed by atoms with Crippen LogP contribution in [0, 0.1) is 13.8 Å². The maximum absolute atomic E-state index is 12.5. The molecule has 1 aliphatic rings. The lowest BCUT2D eigenvalue weighted by Crippen LogP contribution is -2.34. The summed E-state index contributed by atoms with van der Waals surface area (Å²) in [5, 5.41) is 3.00. The summed E-state index contributed by atoms with van der Waals surface area (Å²) < 4.78 is 5.99. The lowest BCUT2D eigenvalue weighted by atomic mass is 10.0. The van der Waals surface area contributed by atoms with Gasteiger partial charge in [-0.25, -0.2) is 0 Å². The third kappa shape index (κ3) is 3.67. The number of nitrogens with zero attached hydrogens (tertiary/aromatic N) is 2. The Morgan fingerprint density at radius 3 is 2.89 bits per heavy atom. The van der Waals surface area contributed by atoms with Crippen LogP contribution in [0.15, 0.2) is 55.0 Å². The zero-order valence-electron chi connectivity index (χ0n) is 15.4. The predicted molar refractivity (Wildman–Crippen MR) is 104 cm³/mol. The van der Waals surface area contributed by atoms with E-state index in [0.717, 1.165) is 45.7 Å². The smallest absolute Gasteiger partial charge is 0.251 e. The maximum atomic E-state index is 12.5. The van der Waals surface area contributed by atoms with Gasteiger partial charge in [-0.2, -0.15) is 0 Å². The second-order valence-electron chi connectivity index (χ2n) is 6.89. The first-order chi connectivity index (χ1) is 13.1. The van der Waals surface area contributed by atoms with Crippen molar-refractivity contribution in [3.8, 4) is 17.0 Å². The fraction of sp³-hybridized carbons (Fsp3) is 0.227. The molecule has 1 aliphatic heterocycles. The number of nitrogens with one attached hydrogen (secondary N) is 1. The van der Waals surface area contributed by atoms with E-state index in [1.54, 1.807) is 18.6 Å². The van der Waals surface area contributed by atoms with Crippen molar-refractivity contribution >= 4 is 5.91 Å². The summed E-state index contributed by atoms with van der Waals surface area (Å²) in [7, 11) is 0. The van der Waals surface area contributed by atoms with E-state index in [0.29, 0.717) is 6.54 Å². The van der Waals surface area contributed by atoms with Crippen LogP contribution in [0.2, 0.25) is 0 Å². The Morgan fingerprint density at radius 1 is 1.19 bits per heavy atom. The molecule has 2 heterocycles. The van der Waals surface area contributed by atoms with Crippen molar-refractivity contribution in [1.82, 2.24) is 15.3 Å². The zero-order valence-corrected chi connectivity index (χ0v) is 15.4. The van der Waals surface area contributed by atoms with Gasteiger partial charge < -0.3 is 10.1 Å². The molecular formula is C22H21N3O2. The van der Waals surface area contributed by atoms with Crippen LogP contribution in [0.3, 0.4) is 0 Å². The highest BCUT2D eigenvalue weighted by Crippen LogP contribution is 2.32. The number of ether oxygens (including phenoxy) is 1. The second-order valence-corrected chi connectivity index (χ2v) is 6.89. The Bertz CT molecular complexity index is 986. The maximum Gasteiger partial charge on any atom is 0.251 e. The first kappa shape index (κ1) is 17.2. The molecule has 136 valence electrons. The molecule has 1 amide bonds. The number of fused-ring (bicyclic) bond motifs is 1. The van der Waals surface area contributed by atoms with Crippen LogP contribution in [0.5, 0.6) is 5.75 Å². The number of hydrogen-bond acceptors (Lipinski definition) is 4. The molecular weight excluding hydrogens is 338 g/mol. The normalized spacial score (nSPS) is 15.1. The molecule has 0 spiro atoms. The van der Waals surface area contributed by atoms with Crippen LogP contribution in [-0.2, 0) is 6.42 Å². The summed E-state index contributed by atoms with van der Waals surface area (Å²) in [5.74, 6) is 0.810. The van der Waals surface area contributed by atoms with Crippen LogP contribution >= 0.6 is 0 Å². The molecule has 0 fully saturated rings. The number of aromatic nitrogens is 2. The first-order valence-electron chi connectivity index (χ1n) is 9.01. The molecule has 2 aromatic carbocycles. The number of aryl methyl sites for hydroxylation is 2. The van der Waals surface area contributed by atoms with Gasteiger partial charge >= 0.3 is 0 Å². The third-order valence-corrected chi connectivity index (χ3v) is 4.79. The van der Waals surface area contributed by atoms with E-state index in [1.807, 2.05) is 44.2 Å². The van der Waals surface area contributed by atoms with Crippen LogP contribution in [-0.4, -0.2) is 28.5 Å². The highest BCUT2D eigenvalue weighted by Gasteiger charge is 2.24.